The van der Waals surface area contributed by atoms with Gasteiger partial charge >= 0.3 is 6.09 Å². The van der Waals surface area contributed by atoms with Crippen molar-refractivity contribution in [2.45, 2.75) is 56.6 Å². The SMILES string of the molecule is COc1cc(Nc2nc3ccccc3nc2NS(=O)(=O)c2cccc(NC(=O)C3CCCCN3C(=O)OC(C)(C)C)c2)cc(OC)c1. The highest BCUT2D eigenvalue weighted by atomic mass is 32.2. The maximum atomic E-state index is 13.7. The van der Waals surface area contributed by atoms with Crippen molar-refractivity contribution in [2.24, 2.45) is 0 Å². The van der Waals surface area contributed by atoms with Gasteiger partial charge in [-0.1, -0.05) is 18.2 Å². The summed E-state index contributed by atoms with van der Waals surface area (Å²) < 4.78 is 46.3. The minimum atomic E-state index is -4.23. The number of likely N-dealkylation sites (tertiary alicyclic amines) is 1. The van der Waals surface area contributed by atoms with E-state index in [1.807, 2.05) is 0 Å². The average Bonchev–Trinajstić information content (AvgIpc) is 3.04. The van der Waals surface area contributed by atoms with Crippen LogP contribution >= 0.6 is 0 Å². The third kappa shape index (κ3) is 8.19. The van der Waals surface area contributed by atoms with Crippen molar-refractivity contribution in [1.82, 2.24) is 14.9 Å². The second-order valence-corrected chi connectivity index (χ2v) is 13.6. The van der Waals surface area contributed by atoms with Gasteiger partial charge in [-0.3, -0.25) is 14.4 Å². The predicted molar refractivity (Wildman–Crippen MR) is 179 cm³/mol. The summed E-state index contributed by atoms with van der Waals surface area (Å²) in [4.78, 5) is 36.7. The van der Waals surface area contributed by atoms with Crippen LogP contribution in [0, 0.1) is 0 Å². The van der Waals surface area contributed by atoms with Crippen molar-refractivity contribution < 1.29 is 32.2 Å². The molecule has 0 bridgehead atoms. The van der Waals surface area contributed by atoms with E-state index in [-0.39, 0.29) is 22.2 Å². The second kappa shape index (κ2) is 13.7. The second-order valence-electron chi connectivity index (χ2n) is 11.9. The highest BCUT2D eigenvalue weighted by Gasteiger charge is 2.35. The normalized spacial score (nSPS) is 15.1. The molecule has 1 aromatic heterocycles. The van der Waals surface area contributed by atoms with E-state index in [2.05, 4.69) is 25.3 Å². The molecule has 1 aliphatic rings. The molecule has 0 saturated carbocycles. The molecule has 1 fully saturated rings. The van der Waals surface area contributed by atoms with Crippen LogP contribution in [-0.4, -0.2) is 67.7 Å². The lowest BCUT2D eigenvalue weighted by atomic mass is 10.0. The van der Waals surface area contributed by atoms with Gasteiger partial charge in [0.2, 0.25) is 5.91 Å². The van der Waals surface area contributed by atoms with Crippen LogP contribution in [0.15, 0.2) is 71.6 Å². The van der Waals surface area contributed by atoms with Crippen LogP contribution in [0.3, 0.4) is 0 Å². The summed E-state index contributed by atoms with van der Waals surface area (Å²) >= 11 is 0. The first-order valence-electron chi connectivity index (χ1n) is 15.1. The van der Waals surface area contributed by atoms with Crippen molar-refractivity contribution >= 4 is 56.1 Å². The van der Waals surface area contributed by atoms with Gasteiger partial charge in [0.1, 0.15) is 23.1 Å². The van der Waals surface area contributed by atoms with E-state index >= 15 is 0 Å². The number of hydrogen-bond donors (Lipinski definition) is 3. The van der Waals surface area contributed by atoms with Gasteiger partial charge in [-0.25, -0.2) is 23.2 Å². The number of benzene rings is 3. The van der Waals surface area contributed by atoms with E-state index in [9.17, 15) is 18.0 Å². The Kier molecular flexibility index (Phi) is 9.70. The molecular formula is C33H38N6O7S. The standard InChI is InChI=1S/C33H38N6O7S/c1-33(2,3)46-32(41)39-16-9-8-15-28(39)31(40)35-21-11-10-12-25(19-21)47(42,43)38-30-29(36-26-13-6-7-14-27(26)37-30)34-22-17-23(44-4)20-24(18-22)45-5/h6-7,10-14,17-20,28H,8-9,15-16H2,1-5H3,(H,34,36)(H,35,40)(H,37,38). The number of fused-ring (bicyclic) bond motifs is 1. The summed E-state index contributed by atoms with van der Waals surface area (Å²) in [7, 11) is -1.18. The van der Waals surface area contributed by atoms with Crippen LogP contribution in [0.5, 0.6) is 11.5 Å². The molecule has 1 unspecified atom stereocenters. The smallest absolute Gasteiger partial charge is 0.410 e. The van der Waals surface area contributed by atoms with Crippen molar-refractivity contribution in [3.05, 3.63) is 66.7 Å². The molecule has 3 N–H and O–H groups in total. The molecular weight excluding hydrogens is 624 g/mol. The molecule has 1 saturated heterocycles. The maximum Gasteiger partial charge on any atom is 0.410 e. The monoisotopic (exact) mass is 662 g/mol. The molecule has 2 amide bonds. The van der Waals surface area contributed by atoms with Gasteiger partial charge in [0, 0.05) is 36.1 Å². The lowest BCUT2D eigenvalue weighted by molar-refractivity contribution is -0.122. The minimum absolute atomic E-state index is 0.0462. The number of piperidine rings is 1. The fourth-order valence-electron chi connectivity index (χ4n) is 5.07. The van der Waals surface area contributed by atoms with Gasteiger partial charge < -0.3 is 24.8 Å². The number of nitrogens with one attached hydrogen (secondary N) is 3. The number of para-hydroxylation sites is 2. The van der Waals surface area contributed by atoms with Gasteiger partial charge in [-0.05, 0) is 70.4 Å². The first kappa shape index (κ1) is 33.3. The zero-order chi connectivity index (χ0) is 33.8. The molecule has 2 heterocycles. The Balaban J connectivity index is 1.40. The quantitative estimate of drug-likeness (QED) is 0.196. The van der Waals surface area contributed by atoms with Crippen molar-refractivity contribution in [3.63, 3.8) is 0 Å². The fraction of sp³-hybridized carbons (Fsp3) is 0.333. The van der Waals surface area contributed by atoms with E-state index in [1.54, 1.807) is 69.3 Å². The van der Waals surface area contributed by atoms with Gasteiger partial charge in [-0.2, -0.15) is 0 Å². The molecule has 0 aliphatic carbocycles. The molecule has 3 aromatic carbocycles. The summed E-state index contributed by atoms with van der Waals surface area (Å²) in [5.74, 6) is 0.702. The summed E-state index contributed by atoms with van der Waals surface area (Å²) in [6, 6.07) is 17.3. The number of methoxy groups -OCH3 is 2. The number of anilines is 4. The molecule has 5 rings (SSSR count). The molecule has 0 radical (unpaired) electrons. The van der Waals surface area contributed by atoms with Crippen molar-refractivity contribution in [1.29, 1.82) is 0 Å². The molecule has 0 spiro atoms. The Morgan fingerprint density at radius 2 is 1.51 bits per heavy atom. The van der Waals surface area contributed by atoms with E-state index in [0.717, 1.165) is 12.8 Å². The van der Waals surface area contributed by atoms with Crippen LogP contribution in [-0.2, 0) is 19.6 Å². The Bertz CT molecular complexity index is 1870. The molecule has 13 nitrogen and oxygen atoms in total. The third-order valence-corrected chi connectivity index (χ3v) is 8.60. The number of rotatable bonds is 9. The zero-order valence-electron chi connectivity index (χ0n) is 26.9. The molecule has 1 atom stereocenters. The lowest BCUT2D eigenvalue weighted by Gasteiger charge is -2.35. The van der Waals surface area contributed by atoms with Crippen LogP contribution in [0.1, 0.15) is 40.0 Å². The largest absolute Gasteiger partial charge is 0.497 e. The molecule has 14 heteroatoms. The minimum Gasteiger partial charge on any atom is -0.497 e. The zero-order valence-corrected chi connectivity index (χ0v) is 27.7. The van der Waals surface area contributed by atoms with Gasteiger partial charge in [-0.15, -0.1) is 0 Å². The van der Waals surface area contributed by atoms with E-state index in [0.29, 0.717) is 41.2 Å². The van der Waals surface area contributed by atoms with E-state index in [4.69, 9.17) is 14.2 Å². The molecule has 1 aliphatic heterocycles. The van der Waals surface area contributed by atoms with Crippen LogP contribution in [0.2, 0.25) is 0 Å². The summed E-state index contributed by atoms with van der Waals surface area (Å²) in [5, 5.41) is 5.91. The number of sulfonamides is 1. The Labute approximate surface area is 273 Å². The van der Waals surface area contributed by atoms with Crippen LogP contribution in [0.25, 0.3) is 11.0 Å². The van der Waals surface area contributed by atoms with Crippen LogP contribution in [0.4, 0.5) is 27.8 Å². The van der Waals surface area contributed by atoms with Crippen molar-refractivity contribution in [2.75, 3.05) is 36.1 Å². The van der Waals surface area contributed by atoms with Gasteiger partial charge in [0.25, 0.3) is 10.0 Å². The van der Waals surface area contributed by atoms with Crippen LogP contribution < -0.4 is 24.8 Å². The van der Waals surface area contributed by atoms with E-state index in [1.165, 1.54) is 37.3 Å². The first-order chi connectivity index (χ1) is 22.3. The highest BCUT2D eigenvalue weighted by molar-refractivity contribution is 7.92. The average molecular weight is 663 g/mol. The third-order valence-electron chi connectivity index (χ3n) is 7.26. The maximum absolute atomic E-state index is 13.7. The number of amides is 2. The molecule has 47 heavy (non-hydrogen) atoms. The first-order valence-corrected chi connectivity index (χ1v) is 16.5. The van der Waals surface area contributed by atoms with Crippen molar-refractivity contribution in [3.8, 4) is 11.5 Å². The fourth-order valence-corrected chi connectivity index (χ4v) is 6.13. The summed E-state index contributed by atoms with van der Waals surface area (Å²) in [6.07, 6.45) is 1.41. The van der Waals surface area contributed by atoms with Gasteiger partial charge in [0.15, 0.2) is 11.6 Å². The number of ether oxygens (including phenoxy) is 3. The molecule has 248 valence electrons. The Morgan fingerprint density at radius 3 is 2.15 bits per heavy atom. The number of carbonyl (C=O) groups excluding carboxylic acids is 2. The highest BCUT2D eigenvalue weighted by Crippen LogP contribution is 2.32. The topological polar surface area (TPSA) is 161 Å². The number of carbonyl (C=O) groups is 2. The Morgan fingerprint density at radius 1 is 0.851 bits per heavy atom. The lowest BCUT2D eigenvalue weighted by Crippen LogP contribution is -2.51. The number of aromatic nitrogens is 2. The summed E-state index contributed by atoms with van der Waals surface area (Å²) in [5.41, 5.74) is 1.08. The Hall–Kier alpha value is -5.11. The predicted octanol–water partition coefficient (Wildman–Crippen LogP) is 5.92. The molecule has 4 aromatic rings. The van der Waals surface area contributed by atoms with E-state index < -0.39 is 33.7 Å². The van der Waals surface area contributed by atoms with Gasteiger partial charge in [0.05, 0.1) is 30.1 Å². The number of nitrogens with zero attached hydrogens (tertiary/aromatic N) is 3. The number of hydrogen-bond acceptors (Lipinski definition) is 10. The summed E-state index contributed by atoms with van der Waals surface area (Å²) in [6.45, 7) is 5.68.